The molecular weight excluding hydrogens is 276 g/mol. The second-order valence-corrected chi connectivity index (χ2v) is 5.82. The Balaban J connectivity index is 1.84. The van der Waals surface area contributed by atoms with Gasteiger partial charge < -0.3 is 9.47 Å². The summed E-state index contributed by atoms with van der Waals surface area (Å²) in [6.07, 6.45) is 3.80. The van der Waals surface area contributed by atoms with Gasteiger partial charge in [0, 0.05) is 46.0 Å². The molecule has 0 bridgehead atoms. The van der Waals surface area contributed by atoms with Crippen LogP contribution in [-0.4, -0.2) is 44.9 Å². The minimum Gasteiger partial charge on any atom is -0.340 e. The van der Waals surface area contributed by atoms with Crippen molar-refractivity contribution in [3.63, 3.8) is 0 Å². The number of imidazole rings is 1. The second kappa shape index (κ2) is 6.32. The van der Waals surface area contributed by atoms with Crippen molar-refractivity contribution in [3.05, 3.63) is 54.1 Å². The van der Waals surface area contributed by atoms with Crippen molar-refractivity contribution in [1.29, 1.82) is 0 Å². The Morgan fingerprint density at radius 1 is 1.27 bits per heavy atom. The van der Waals surface area contributed by atoms with Crippen molar-refractivity contribution in [2.75, 3.05) is 19.6 Å². The molecule has 1 aromatic carbocycles. The van der Waals surface area contributed by atoms with E-state index < -0.39 is 0 Å². The van der Waals surface area contributed by atoms with E-state index in [1.165, 1.54) is 5.56 Å². The number of nitrogens with zero attached hydrogens (tertiary/aromatic N) is 4. The van der Waals surface area contributed by atoms with Gasteiger partial charge in [0.15, 0.2) is 0 Å². The Morgan fingerprint density at radius 2 is 2.05 bits per heavy atom. The number of aromatic nitrogens is 2. The minimum atomic E-state index is 0.151. The summed E-state index contributed by atoms with van der Waals surface area (Å²) in [6, 6.07) is 10.6. The monoisotopic (exact) mass is 298 g/mol. The molecule has 5 heteroatoms. The molecule has 2 heterocycles. The lowest BCUT2D eigenvalue weighted by Gasteiger charge is -2.41. The fourth-order valence-electron chi connectivity index (χ4n) is 3.02. The summed E-state index contributed by atoms with van der Waals surface area (Å²) in [5.74, 6) is 1.20. The Hall–Kier alpha value is -2.14. The Labute approximate surface area is 131 Å². The highest BCUT2D eigenvalue weighted by Gasteiger charge is 2.29. The summed E-state index contributed by atoms with van der Waals surface area (Å²) < 4.78 is 2.05. The maximum atomic E-state index is 11.7. The van der Waals surface area contributed by atoms with Crippen LogP contribution in [0.3, 0.4) is 0 Å². The average molecular weight is 298 g/mol. The van der Waals surface area contributed by atoms with Gasteiger partial charge in [-0.2, -0.15) is 0 Å². The van der Waals surface area contributed by atoms with Crippen LogP contribution < -0.4 is 0 Å². The van der Waals surface area contributed by atoms with Crippen LogP contribution in [0.1, 0.15) is 24.4 Å². The largest absolute Gasteiger partial charge is 0.340 e. The predicted octanol–water partition coefficient (Wildman–Crippen LogP) is 1.83. The lowest BCUT2D eigenvalue weighted by molar-refractivity contribution is -0.132. The minimum absolute atomic E-state index is 0.151. The van der Waals surface area contributed by atoms with Crippen LogP contribution in [0.2, 0.25) is 0 Å². The Morgan fingerprint density at radius 3 is 2.68 bits per heavy atom. The van der Waals surface area contributed by atoms with Crippen LogP contribution in [-0.2, 0) is 18.4 Å². The highest BCUT2D eigenvalue weighted by molar-refractivity contribution is 5.73. The van der Waals surface area contributed by atoms with Crippen molar-refractivity contribution >= 4 is 5.91 Å². The molecule has 1 amide bonds. The summed E-state index contributed by atoms with van der Waals surface area (Å²) >= 11 is 0. The Kier molecular flexibility index (Phi) is 4.24. The van der Waals surface area contributed by atoms with E-state index in [0.717, 1.165) is 32.0 Å². The van der Waals surface area contributed by atoms with E-state index in [1.54, 1.807) is 6.92 Å². The average Bonchev–Trinajstić information content (AvgIpc) is 2.93. The van der Waals surface area contributed by atoms with Gasteiger partial charge >= 0.3 is 0 Å². The first-order valence-corrected chi connectivity index (χ1v) is 7.66. The molecule has 0 radical (unpaired) electrons. The normalized spacial score (nSPS) is 19.4. The van der Waals surface area contributed by atoms with Gasteiger partial charge in [-0.25, -0.2) is 4.98 Å². The smallest absolute Gasteiger partial charge is 0.219 e. The van der Waals surface area contributed by atoms with Gasteiger partial charge in [-0.3, -0.25) is 9.69 Å². The van der Waals surface area contributed by atoms with Gasteiger partial charge in [-0.05, 0) is 5.56 Å². The molecule has 1 fully saturated rings. The summed E-state index contributed by atoms with van der Waals surface area (Å²) in [5, 5.41) is 0. The van der Waals surface area contributed by atoms with Crippen molar-refractivity contribution in [2.45, 2.75) is 19.5 Å². The van der Waals surface area contributed by atoms with Gasteiger partial charge in [-0.1, -0.05) is 30.3 Å². The molecule has 3 rings (SSSR count). The summed E-state index contributed by atoms with van der Waals surface area (Å²) in [6.45, 7) is 4.84. The third-order valence-electron chi connectivity index (χ3n) is 4.39. The SMILES string of the molecule is CC(=O)N1CCN(Cc2nccn2C)[C@H](c2ccccc2)C1. The first-order valence-electron chi connectivity index (χ1n) is 7.66. The van der Waals surface area contributed by atoms with Gasteiger partial charge in [-0.15, -0.1) is 0 Å². The molecule has 1 aromatic heterocycles. The van der Waals surface area contributed by atoms with Crippen molar-refractivity contribution in [1.82, 2.24) is 19.4 Å². The number of hydrogen-bond donors (Lipinski definition) is 0. The third-order valence-corrected chi connectivity index (χ3v) is 4.39. The van der Waals surface area contributed by atoms with Crippen LogP contribution in [0.15, 0.2) is 42.7 Å². The summed E-state index contributed by atoms with van der Waals surface area (Å²) in [5.41, 5.74) is 1.25. The molecule has 1 saturated heterocycles. The molecule has 0 unspecified atom stereocenters. The van der Waals surface area contributed by atoms with Gasteiger partial charge in [0.1, 0.15) is 5.82 Å². The molecule has 0 N–H and O–H groups in total. The van der Waals surface area contributed by atoms with E-state index in [-0.39, 0.29) is 11.9 Å². The van der Waals surface area contributed by atoms with Crippen LogP contribution in [0, 0.1) is 0 Å². The van der Waals surface area contributed by atoms with E-state index in [2.05, 4.69) is 38.7 Å². The lowest BCUT2D eigenvalue weighted by Crippen LogP contribution is -2.49. The zero-order valence-electron chi connectivity index (χ0n) is 13.1. The molecule has 1 aliphatic rings. The molecule has 22 heavy (non-hydrogen) atoms. The highest BCUT2D eigenvalue weighted by Crippen LogP contribution is 2.26. The first-order chi connectivity index (χ1) is 10.6. The summed E-state index contributed by atoms with van der Waals surface area (Å²) in [4.78, 5) is 20.5. The van der Waals surface area contributed by atoms with Crippen LogP contribution in [0.5, 0.6) is 0 Å². The number of amides is 1. The van der Waals surface area contributed by atoms with E-state index in [0.29, 0.717) is 0 Å². The molecule has 116 valence electrons. The molecule has 1 atom stereocenters. The fourth-order valence-corrected chi connectivity index (χ4v) is 3.02. The maximum Gasteiger partial charge on any atom is 0.219 e. The Bertz CT molecular complexity index is 637. The number of carbonyl (C=O) groups excluding carboxylic acids is 1. The lowest BCUT2D eigenvalue weighted by atomic mass is 10.0. The van der Waals surface area contributed by atoms with Crippen LogP contribution >= 0.6 is 0 Å². The topological polar surface area (TPSA) is 41.4 Å². The number of piperazine rings is 1. The van der Waals surface area contributed by atoms with E-state index in [4.69, 9.17) is 0 Å². The van der Waals surface area contributed by atoms with E-state index in [9.17, 15) is 4.79 Å². The predicted molar refractivity (Wildman–Crippen MR) is 85.1 cm³/mol. The van der Waals surface area contributed by atoms with Gasteiger partial charge in [0.05, 0.1) is 12.6 Å². The molecule has 5 nitrogen and oxygen atoms in total. The maximum absolute atomic E-state index is 11.7. The van der Waals surface area contributed by atoms with Crippen LogP contribution in [0.25, 0.3) is 0 Å². The van der Waals surface area contributed by atoms with E-state index in [1.807, 2.05) is 30.4 Å². The highest BCUT2D eigenvalue weighted by atomic mass is 16.2. The van der Waals surface area contributed by atoms with Crippen molar-refractivity contribution < 1.29 is 4.79 Å². The van der Waals surface area contributed by atoms with Gasteiger partial charge in [0.25, 0.3) is 0 Å². The number of hydrogen-bond acceptors (Lipinski definition) is 3. The van der Waals surface area contributed by atoms with Crippen molar-refractivity contribution in [3.8, 4) is 0 Å². The molecular formula is C17H22N4O. The van der Waals surface area contributed by atoms with Crippen molar-refractivity contribution in [2.24, 2.45) is 7.05 Å². The standard InChI is InChI=1S/C17H22N4O/c1-14(22)20-10-11-21(13-17-18-8-9-19(17)2)16(12-20)15-6-4-3-5-7-15/h3-9,16H,10-13H2,1-2H3/t16-/m0/s1. The molecule has 0 spiro atoms. The third kappa shape index (κ3) is 3.04. The zero-order valence-corrected chi connectivity index (χ0v) is 13.1. The first kappa shape index (κ1) is 14.8. The molecule has 2 aromatic rings. The second-order valence-electron chi connectivity index (χ2n) is 5.82. The zero-order chi connectivity index (χ0) is 15.5. The molecule has 0 saturated carbocycles. The summed E-state index contributed by atoms with van der Waals surface area (Å²) in [7, 11) is 2.02. The molecule has 0 aliphatic carbocycles. The number of aryl methyl sites for hydroxylation is 1. The fraction of sp³-hybridized carbons (Fsp3) is 0.412. The quantitative estimate of drug-likeness (QED) is 0.868. The van der Waals surface area contributed by atoms with E-state index >= 15 is 0 Å². The van der Waals surface area contributed by atoms with Crippen LogP contribution in [0.4, 0.5) is 0 Å². The number of carbonyl (C=O) groups is 1. The number of benzene rings is 1. The molecule has 1 aliphatic heterocycles. The van der Waals surface area contributed by atoms with Gasteiger partial charge in [0.2, 0.25) is 5.91 Å². The number of rotatable bonds is 3.